The van der Waals surface area contributed by atoms with E-state index in [1.807, 2.05) is 38.1 Å². The van der Waals surface area contributed by atoms with Gasteiger partial charge < -0.3 is 9.88 Å². The molecule has 0 saturated carbocycles. The smallest absolute Gasteiger partial charge is 0.258 e. The average molecular weight is 416 g/mol. The number of aromatic amines is 1. The van der Waals surface area contributed by atoms with Gasteiger partial charge in [0.05, 0.1) is 23.2 Å². The summed E-state index contributed by atoms with van der Waals surface area (Å²) in [5.41, 5.74) is 1.46. The number of halogens is 1. The Hall–Kier alpha value is -2.31. The predicted octanol–water partition coefficient (Wildman–Crippen LogP) is 4.42. The first-order chi connectivity index (χ1) is 13.5. The second kappa shape index (κ2) is 9.26. The normalized spacial score (nSPS) is 11.0. The monoisotopic (exact) mass is 415 g/mol. The molecular weight excluding hydrogens is 394 g/mol. The van der Waals surface area contributed by atoms with Crippen LogP contribution in [0.15, 0.2) is 52.2 Å². The van der Waals surface area contributed by atoms with E-state index in [9.17, 15) is 9.59 Å². The molecule has 0 aliphatic rings. The fourth-order valence-corrected chi connectivity index (χ4v) is 4.03. The number of fused-ring (bicyclic) bond motifs is 1. The van der Waals surface area contributed by atoms with Crippen molar-refractivity contribution in [2.75, 3.05) is 12.3 Å². The fourth-order valence-electron chi connectivity index (χ4n) is 2.93. The first-order valence-corrected chi connectivity index (χ1v) is 10.5. The topological polar surface area (TPSA) is 66.1 Å². The van der Waals surface area contributed by atoms with Crippen molar-refractivity contribution in [3.8, 4) is 0 Å². The quantitative estimate of drug-likeness (QED) is 0.580. The second-order valence-corrected chi connectivity index (χ2v) is 8.00. The number of nitrogens with one attached hydrogen (secondary N) is 1. The Morgan fingerprint density at radius 1 is 1.25 bits per heavy atom. The average Bonchev–Trinajstić information content (AvgIpc) is 2.66. The zero-order chi connectivity index (χ0) is 20.1. The Balaban J connectivity index is 1.77. The molecule has 0 aliphatic carbocycles. The molecule has 5 nitrogen and oxygen atoms in total. The van der Waals surface area contributed by atoms with Crippen LogP contribution in [-0.2, 0) is 11.3 Å². The number of rotatable bonds is 7. The van der Waals surface area contributed by atoms with Crippen LogP contribution < -0.4 is 5.56 Å². The predicted molar refractivity (Wildman–Crippen MR) is 115 cm³/mol. The maximum atomic E-state index is 12.8. The van der Waals surface area contributed by atoms with Crippen molar-refractivity contribution in [1.82, 2.24) is 14.9 Å². The summed E-state index contributed by atoms with van der Waals surface area (Å²) in [5, 5.41) is 1.00. The zero-order valence-corrected chi connectivity index (χ0v) is 17.4. The summed E-state index contributed by atoms with van der Waals surface area (Å²) in [4.78, 5) is 35.2. The fraction of sp³-hybridized carbons (Fsp3) is 0.286. The van der Waals surface area contributed by atoms with Gasteiger partial charge in [0.1, 0.15) is 5.82 Å². The van der Waals surface area contributed by atoms with Crippen molar-refractivity contribution < 1.29 is 4.79 Å². The van der Waals surface area contributed by atoms with Gasteiger partial charge in [-0.3, -0.25) is 9.59 Å². The molecule has 1 amide bonds. The number of carbonyl (C=O) groups is 1. The van der Waals surface area contributed by atoms with Gasteiger partial charge in [-0.2, -0.15) is 0 Å². The minimum Gasteiger partial charge on any atom is -0.335 e. The maximum Gasteiger partial charge on any atom is 0.258 e. The van der Waals surface area contributed by atoms with E-state index < -0.39 is 0 Å². The van der Waals surface area contributed by atoms with Crippen molar-refractivity contribution in [2.24, 2.45) is 0 Å². The van der Waals surface area contributed by atoms with Crippen LogP contribution in [0.3, 0.4) is 0 Å². The molecular formula is C21H22ClN3O2S. The molecule has 2 aromatic carbocycles. The number of aromatic nitrogens is 2. The van der Waals surface area contributed by atoms with Gasteiger partial charge in [0.25, 0.3) is 5.56 Å². The largest absolute Gasteiger partial charge is 0.335 e. The molecule has 146 valence electrons. The Kier molecular flexibility index (Phi) is 6.75. The number of hydrogen-bond acceptors (Lipinski definition) is 4. The van der Waals surface area contributed by atoms with Gasteiger partial charge in [0.2, 0.25) is 5.91 Å². The molecule has 1 aromatic heterocycles. The molecule has 0 aliphatic heterocycles. The molecule has 0 spiro atoms. The lowest BCUT2D eigenvalue weighted by molar-refractivity contribution is -0.129. The van der Waals surface area contributed by atoms with Crippen molar-refractivity contribution in [3.05, 3.63) is 69.2 Å². The van der Waals surface area contributed by atoms with Crippen molar-refractivity contribution in [2.45, 2.75) is 31.7 Å². The summed E-state index contributed by atoms with van der Waals surface area (Å²) < 4.78 is 0. The summed E-state index contributed by atoms with van der Waals surface area (Å²) in [6.07, 6.45) is 0.824. The van der Waals surface area contributed by atoms with E-state index in [4.69, 9.17) is 11.6 Å². The minimum absolute atomic E-state index is 0.0175. The molecule has 0 unspecified atom stereocenters. The van der Waals surface area contributed by atoms with Gasteiger partial charge in [0, 0.05) is 16.5 Å². The van der Waals surface area contributed by atoms with Crippen molar-refractivity contribution in [3.63, 3.8) is 0 Å². The van der Waals surface area contributed by atoms with Gasteiger partial charge in [-0.25, -0.2) is 4.98 Å². The van der Waals surface area contributed by atoms with Crippen LogP contribution in [-0.4, -0.2) is 33.1 Å². The molecule has 1 N–H and O–H groups in total. The number of H-pyrrole nitrogens is 1. The number of hydrogen-bond donors (Lipinski definition) is 1. The number of benzene rings is 2. The van der Waals surface area contributed by atoms with Gasteiger partial charge in [-0.1, -0.05) is 36.7 Å². The van der Waals surface area contributed by atoms with E-state index in [1.165, 1.54) is 11.8 Å². The van der Waals surface area contributed by atoms with Crippen LogP contribution in [0.4, 0.5) is 0 Å². The van der Waals surface area contributed by atoms with E-state index in [1.54, 1.807) is 23.1 Å². The maximum absolute atomic E-state index is 12.8. The highest BCUT2D eigenvalue weighted by atomic mass is 35.5. The number of carbonyl (C=O) groups excluding carboxylic acids is 1. The summed E-state index contributed by atoms with van der Waals surface area (Å²) in [6.45, 7) is 4.92. The Morgan fingerprint density at radius 3 is 2.79 bits per heavy atom. The van der Waals surface area contributed by atoms with Gasteiger partial charge >= 0.3 is 0 Å². The number of thioether (sulfide) groups is 1. The number of nitrogens with zero attached hydrogens (tertiary/aromatic N) is 2. The lowest BCUT2D eigenvalue weighted by Crippen LogP contribution is -2.34. The third-order valence-corrected chi connectivity index (χ3v) is 5.74. The summed E-state index contributed by atoms with van der Waals surface area (Å²) >= 11 is 7.55. The first-order valence-electron chi connectivity index (χ1n) is 9.12. The minimum atomic E-state index is -0.227. The molecule has 3 rings (SSSR count). The van der Waals surface area contributed by atoms with E-state index >= 15 is 0 Å². The van der Waals surface area contributed by atoms with Crippen LogP contribution in [0.2, 0.25) is 5.02 Å². The SMILES string of the molecule is CCCN(Cc1nc2cc(Cl)ccc2c(=O)[nH]1)C(=O)CSc1ccccc1C. The Bertz CT molecular complexity index is 1050. The van der Waals surface area contributed by atoms with Crippen LogP contribution in [0.5, 0.6) is 0 Å². The zero-order valence-electron chi connectivity index (χ0n) is 15.9. The molecule has 0 bridgehead atoms. The molecule has 7 heteroatoms. The Labute approximate surface area is 173 Å². The highest BCUT2D eigenvalue weighted by molar-refractivity contribution is 8.00. The molecule has 0 fully saturated rings. The highest BCUT2D eigenvalue weighted by Crippen LogP contribution is 2.22. The highest BCUT2D eigenvalue weighted by Gasteiger charge is 2.16. The molecule has 28 heavy (non-hydrogen) atoms. The molecule has 0 atom stereocenters. The Morgan fingerprint density at radius 2 is 2.04 bits per heavy atom. The van der Waals surface area contributed by atoms with Crippen LogP contribution in [0.25, 0.3) is 10.9 Å². The number of aryl methyl sites for hydroxylation is 1. The van der Waals surface area contributed by atoms with Crippen LogP contribution >= 0.6 is 23.4 Å². The molecule has 3 aromatic rings. The lowest BCUT2D eigenvalue weighted by atomic mass is 10.2. The van der Waals surface area contributed by atoms with Crippen molar-refractivity contribution >= 4 is 40.2 Å². The third-order valence-electron chi connectivity index (χ3n) is 4.35. The summed E-state index contributed by atoms with van der Waals surface area (Å²) in [7, 11) is 0. The second-order valence-electron chi connectivity index (χ2n) is 6.54. The van der Waals surface area contributed by atoms with Gasteiger partial charge in [-0.05, 0) is 43.2 Å². The van der Waals surface area contributed by atoms with Gasteiger partial charge in [-0.15, -0.1) is 11.8 Å². The van der Waals surface area contributed by atoms with Crippen molar-refractivity contribution in [1.29, 1.82) is 0 Å². The third kappa shape index (κ3) is 4.94. The summed E-state index contributed by atoms with van der Waals surface area (Å²) in [5.74, 6) is 0.820. The van der Waals surface area contributed by atoms with E-state index in [2.05, 4.69) is 9.97 Å². The molecule has 1 heterocycles. The molecule has 0 saturated heterocycles. The van der Waals surface area contributed by atoms with Crippen LogP contribution in [0, 0.1) is 6.92 Å². The first kappa shape index (κ1) is 20.4. The van der Waals surface area contributed by atoms with Crippen LogP contribution in [0.1, 0.15) is 24.7 Å². The molecule has 0 radical (unpaired) electrons. The van der Waals surface area contributed by atoms with E-state index in [-0.39, 0.29) is 18.0 Å². The van der Waals surface area contributed by atoms with E-state index in [0.717, 1.165) is 16.9 Å². The van der Waals surface area contributed by atoms with E-state index in [0.29, 0.717) is 34.0 Å². The summed E-state index contributed by atoms with van der Waals surface area (Å²) in [6, 6.07) is 13.0. The lowest BCUT2D eigenvalue weighted by Gasteiger charge is -2.21. The van der Waals surface area contributed by atoms with Gasteiger partial charge in [0.15, 0.2) is 0 Å². The standard InChI is InChI=1S/C21H22ClN3O2S/c1-3-10-25(20(26)13-28-18-7-5-4-6-14(18)2)12-19-23-17-11-15(22)8-9-16(17)21(27)24-19/h4-9,11H,3,10,12-13H2,1-2H3,(H,23,24,27). The number of amides is 1.